The lowest BCUT2D eigenvalue weighted by atomic mass is 9.46. The van der Waals surface area contributed by atoms with Crippen LogP contribution in [-0.2, 0) is 4.79 Å². The standard InChI is InChI=1S/C22H34O2/c1-4-10-22(24)13-9-19-17-6-5-15-14-16(23)7-11-20(15,2)18(17)8-12-21(19,22)3/h14,17-19,24H,4-13H2,1-3H3/t17-,18-,19+,20+,21+,22?/m1/s1. The van der Waals surface area contributed by atoms with Crippen LogP contribution in [0, 0.1) is 28.6 Å². The molecule has 4 rings (SSSR count). The Kier molecular flexibility index (Phi) is 3.81. The van der Waals surface area contributed by atoms with Crippen molar-refractivity contribution in [1.82, 2.24) is 0 Å². The number of allylic oxidation sites excluding steroid dienone is 1. The molecular weight excluding hydrogens is 296 g/mol. The van der Waals surface area contributed by atoms with Crippen LogP contribution in [0.5, 0.6) is 0 Å². The number of fused-ring (bicyclic) bond motifs is 5. The highest BCUT2D eigenvalue weighted by molar-refractivity contribution is 5.91. The first-order valence-corrected chi connectivity index (χ1v) is 10.3. The molecule has 134 valence electrons. The number of ketones is 1. The Bertz CT molecular complexity index is 579. The molecule has 0 aromatic rings. The van der Waals surface area contributed by atoms with Crippen molar-refractivity contribution in [3.63, 3.8) is 0 Å². The first-order valence-electron chi connectivity index (χ1n) is 10.3. The van der Waals surface area contributed by atoms with Crippen molar-refractivity contribution in [1.29, 1.82) is 0 Å². The summed E-state index contributed by atoms with van der Waals surface area (Å²) in [6, 6.07) is 0. The molecule has 0 radical (unpaired) electrons. The topological polar surface area (TPSA) is 37.3 Å². The van der Waals surface area contributed by atoms with Gasteiger partial charge in [-0.25, -0.2) is 0 Å². The maximum atomic E-state index is 11.9. The Morgan fingerprint density at radius 3 is 2.58 bits per heavy atom. The van der Waals surface area contributed by atoms with Crippen molar-refractivity contribution in [2.24, 2.45) is 28.6 Å². The molecule has 0 saturated heterocycles. The molecule has 4 aliphatic carbocycles. The molecule has 24 heavy (non-hydrogen) atoms. The van der Waals surface area contributed by atoms with Gasteiger partial charge in [0.1, 0.15) is 0 Å². The SMILES string of the molecule is CCCC1(O)CC[C@H]2[C@@H]3CCC4=CC(=O)CC[C@]4(C)[C@@H]3CC[C@@]21C. The van der Waals surface area contributed by atoms with Gasteiger partial charge in [-0.2, -0.15) is 0 Å². The van der Waals surface area contributed by atoms with Crippen LogP contribution in [0.3, 0.4) is 0 Å². The third-order valence-corrected chi connectivity index (χ3v) is 8.95. The van der Waals surface area contributed by atoms with Gasteiger partial charge in [-0.1, -0.05) is 32.8 Å². The zero-order chi connectivity index (χ0) is 17.2. The maximum Gasteiger partial charge on any atom is 0.155 e. The lowest BCUT2D eigenvalue weighted by molar-refractivity contribution is -0.132. The third kappa shape index (κ3) is 2.08. The second-order valence-corrected chi connectivity index (χ2v) is 9.75. The monoisotopic (exact) mass is 330 g/mol. The molecule has 0 heterocycles. The molecule has 3 saturated carbocycles. The van der Waals surface area contributed by atoms with Crippen LogP contribution in [0.15, 0.2) is 11.6 Å². The van der Waals surface area contributed by atoms with Crippen LogP contribution in [0.1, 0.15) is 85.0 Å². The van der Waals surface area contributed by atoms with Crippen LogP contribution in [0.2, 0.25) is 0 Å². The summed E-state index contributed by atoms with van der Waals surface area (Å²) in [6.07, 6.45) is 12.8. The highest BCUT2D eigenvalue weighted by Gasteiger charge is 2.63. The van der Waals surface area contributed by atoms with E-state index in [2.05, 4.69) is 20.8 Å². The Labute approximate surface area is 147 Å². The minimum absolute atomic E-state index is 0.117. The molecule has 4 aliphatic rings. The highest BCUT2D eigenvalue weighted by Crippen LogP contribution is 2.68. The summed E-state index contributed by atoms with van der Waals surface area (Å²) in [5.74, 6) is 2.51. The summed E-state index contributed by atoms with van der Waals surface area (Å²) in [4.78, 5) is 11.9. The molecule has 2 heteroatoms. The highest BCUT2D eigenvalue weighted by atomic mass is 16.3. The van der Waals surface area contributed by atoms with Gasteiger partial charge in [-0.05, 0) is 86.0 Å². The Morgan fingerprint density at radius 2 is 1.83 bits per heavy atom. The van der Waals surface area contributed by atoms with Crippen molar-refractivity contribution in [3.05, 3.63) is 11.6 Å². The maximum absolute atomic E-state index is 11.9. The van der Waals surface area contributed by atoms with Crippen molar-refractivity contribution in [2.45, 2.75) is 90.6 Å². The molecule has 1 N–H and O–H groups in total. The van der Waals surface area contributed by atoms with Crippen LogP contribution >= 0.6 is 0 Å². The summed E-state index contributed by atoms with van der Waals surface area (Å²) in [5, 5.41) is 11.4. The average Bonchev–Trinajstić information content (AvgIpc) is 2.80. The number of hydrogen-bond acceptors (Lipinski definition) is 2. The summed E-state index contributed by atoms with van der Waals surface area (Å²) in [6.45, 7) is 7.05. The van der Waals surface area contributed by atoms with Crippen molar-refractivity contribution < 1.29 is 9.90 Å². The molecule has 3 fully saturated rings. The molecule has 0 aromatic heterocycles. The van der Waals surface area contributed by atoms with Crippen LogP contribution < -0.4 is 0 Å². The average molecular weight is 331 g/mol. The van der Waals surface area contributed by atoms with E-state index < -0.39 is 5.60 Å². The van der Waals surface area contributed by atoms with Crippen molar-refractivity contribution >= 4 is 5.78 Å². The molecular formula is C22H34O2. The number of aliphatic hydroxyl groups is 1. The van der Waals surface area contributed by atoms with E-state index in [0.29, 0.717) is 11.7 Å². The fourth-order valence-corrected chi connectivity index (χ4v) is 7.49. The van der Waals surface area contributed by atoms with Gasteiger partial charge in [0.05, 0.1) is 5.60 Å². The molecule has 0 aromatic carbocycles. The fourth-order valence-electron chi connectivity index (χ4n) is 7.49. The van der Waals surface area contributed by atoms with Crippen molar-refractivity contribution in [2.75, 3.05) is 0 Å². The third-order valence-electron chi connectivity index (χ3n) is 8.95. The zero-order valence-corrected chi connectivity index (χ0v) is 15.7. The smallest absolute Gasteiger partial charge is 0.155 e. The number of carbonyl (C=O) groups is 1. The second-order valence-electron chi connectivity index (χ2n) is 9.75. The van der Waals surface area contributed by atoms with Gasteiger partial charge >= 0.3 is 0 Å². The Balaban J connectivity index is 1.66. The summed E-state index contributed by atoms with van der Waals surface area (Å²) >= 11 is 0. The predicted molar refractivity (Wildman–Crippen MR) is 96.6 cm³/mol. The summed E-state index contributed by atoms with van der Waals surface area (Å²) in [7, 11) is 0. The molecule has 0 spiro atoms. The van der Waals surface area contributed by atoms with Gasteiger partial charge in [-0.3, -0.25) is 4.79 Å². The quantitative estimate of drug-likeness (QED) is 0.769. The van der Waals surface area contributed by atoms with E-state index in [4.69, 9.17) is 0 Å². The first-order chi connectivity index (χ1) is 11.3. The molecule has 6 atom stereocenters. The van der Waals surface area contributed by atoms with Crippen molar-refractivity contribution in [3.8, 4) is 0 Å². The van der Waals surface area contributed by atoms with Crippen LogP contribution in [0.4, 0.5) is 0 Å². The lowest BCUT2D eigenvalue weighted by Crippen LogP contribution is -2.54. The number of rotatable bonds is 2. The Morgan fingerprint density at radius 1 is 1.08 bits per heavy atom. The van der Waals surface area contributed by atoms with E-state index in [9.17, 15) is 9.90 Å². The molecule has 0 bridgehead atoms. The molecule has 0 aliphatic heterocycles. The van der Waals surface area contributed by atoms with E-state index in [0.717, 1.165) is 50.4 Å². The van der Waals surface area contributed by atoms with Crippen LogP contribution in [-0.4, -0.2) is 16.5 Å². The van der Waals surface area contributed by atoms with Gasteiger partial charge < -0.3 is 5.11 Å². The van der Waals surface area contributed by atoms with Crippen LogP contribution in [0.25, 0.3) is 0 Å². The minimum atomic E-state index is -0.434. The summed E-state index contributed by atoms with van der Waals surface area (Å²) < 4.78 is 0. The van der Waals surface area contributed by atoms with E-state index >= 15 is 0 Å². The largest absolute Gasteiger partial charge is 0.389 e. The van der Waals surface area contributed by atoms with Gasteiger partial charge in [0.25, 0.3) is 0 Å². The first kappa shape index (κ1) is 16.8. The zero-order valence-electron chi connectivity index (χ0n) is 15.7. The van der Waals surface area contributed by atoms with E-state index in [1.165, 1.54) is 31.3 Å². The fraction of sp³-hybridized carbons (Fsp3) is 0.864. The number of hydrogen-bond donors (Lipinski definition) is 1. The summed E-state index contributed by atoms with van der Waals surface area (Å²) in [5.41, 5.74) is 1.39. The van der Waals surface area contributed by atoms with E-state index in [1.807, 2.05) is 6.08 Å². The van der Waals surface area contributed by atoms with E-state index in [-0.39, 0.29) is 10.8 Å². The molecule has 2 nitrogen and oxygen atoms in total. The normalized spacial score (nSPS) is 50.8. The van der Waals surface area contributed by atoms with Gasteiger partial charge in [0.15, 0.2) is 5.78 Å². The molecule has 0 amide bonds. The number of carbonyl (C=O) groups excluding carboxylic acids is 1. The Hall–Kier alpha value is -0.630. The predicted octanol–water partition coefficient (Wildman–Crippen LogP) is 5.05. The molecule has 1 unspecified atom stereocenters. The van der Waals surface area contributed by atoms with Gasteiger partial charge in [0, 0.05) is 6.42 Å². The van der Waals surface area contributed by atoms with Gasteiger partial charge in [0.2, 0.25) is 0 Å². The lowest BCUT2D eigenvalue weighted by Gasteiger charge is -2.59. The second kappa shape index (κ2) is 5.43. The van der Waals surface area contributed by atoms with E-state index in [1.54, 1.807) is 0 Å². The van der Waals surface area contributed by atoms with Gasteiger partial charge in [-0.15, -0.1) is 0 Å². The minimum Gasteiger partial charge on any atom is -0.389 e.